The quantitative estimate of drug-likeness (QED) is 0.476. The van der Waals surface area contributed by atoms with Gasteiger partial charge in [-0.1, -0.05) is 54.1 Å². The van der Waals surface area contributed by atoms with Crippen LogP contribution < -0.4 is 10.2 Å². The molecule has 4 aromatic carbocycles. The highest BCUT2D eigenvalue weighted by molar-refractivity contribution is 6.34. The van der Waals surface area contributed by atoms with Crippen LogP contribution in [-0.4, -0.2) is 17.7 Å². The van der Waals surface area contributed by atoms with Gasteiger partial charge in [0, 0.05) is 16.6 Å². The third-order valence-corrected chi connectivity index (χ3v) is 5.48. The van der Waals surface area contributed by atoms with E-state index in [1.165, 1.54) is 6.07 Å². The fourth-order valence-corrected chi connectivity index (χ4v) is 3.84. The van der Waals surface area contributed by atoms with Gasteiger partial charge in [0.25, 0.3) is 17.7 Å². The first-order chi connectivity index (χ1) is 15.0. The SMILES string of the molecule is Cc1ccc(N2C(=O)c3ccc(C(=O)Nc4cccc5ccccc45)cc3C2=O)cc1. The van der Waals surface area contributed by atoms with Gasteiger partial charge in [0.1, 0.15) is 0 Å². The van der Waals surface area contributed by atoms with E-state index in [9.17, 15) is 14.4 Å². The molecule has 0 atom stereocenters. The van der Waals surface area contributed by atoms with Gasteiger partial charge in [-0.2, -0.15) is 0 Å². The number of carbonyl (C=O) groups is 3. The monoisotopic (exact) mass is 406 g/mol. The summed E-state index contributed by atoms with van der Waals surface area (Å²) in [5.74, 6) is -1.15. The van der Waals surface area contributed by atoms with E-state index in [0.29, 0.717) is 22.5 Å². The average Bonchev–Trinajstić information content (AvgIpc) is 3.04. The number of nitrogens with zero attached hydrogens (tertiary/aromatic N) is 1. The summed E-state index contributed by atoms with van der Waals surface area (Å²) in [7, 11) is 0. The molecule has 5 heteroatoms. The third kappa shape index (κ3) is 3.16. The van der Waals surface area contributed by atoms with Gasteiger partial charge in [-0.25, -0.2) is 4.90 Å². The van der Waals surface area contributed by atoms with Crippen molar-refractivity contribution in [1.29, 1.82) is 0 Å². The number of aryl methyl sites for hydroxylation is 1. The van der Waals surface area contributed by atoms with Crippen molar-refractivity contribution in [1.82, 2.24) is 0 Å². The molecule has 0 aliphatic carbocycles. The van der Waals surface area contributed by atoms with Crippen LogP contribution in [-0.2, 0) is 0 Å². The maximum atomic E-state index is 13.0. The molecule has 5 rings (SSSR count). The van der Waals surface area contributed by atoms with Crippen LogP contribution in [0, 0.1) is 6.92 Å². The van der Waals surface area contributed by atoms with Crippen LogP contribution >= 0.6 is 0 Å². The Kier molecular flexibility index (Phi) is 4.37. The highest BCUT2D eigenvalue weighted by atomic mass is 16.2. The Labute approximate surface area is 178 Å². The van der Waals surface area contributed by atoms with Crippen molar-refractivity contribution in [2.45, 2.75) is 6.92 Å². The number of rotatable bonds is 3. The predicted octanol–water partition coefficient (Wildman–Crippen LogP) is 5.20. The van der Waals surface area contributed by atoms with Gasteiger partial charge in [0.05, 0.1) is 16.8 Å². The fourth-order valence-electron chi connectivity index (χ4n) is 3.84. The largest absolute Gasteiger partial charge is 0.321 e. The van der Waals surface area contributed by atoms with Crippen molar-refractivity contribution >= 4 is 39.9 Å². The number of hydrogen-bond donors (Lipinski definition) is 1. The maximum absolute atomic E-state index is 13.0. The molecule has 0 fully saturated rings. The summed E-state index contributed by atoms with van der Waals surface area (Å²) in [5.41, 5.74) is 3.08. The zero-order valence-electron chi connectivity index (χ0n) is 16.8. The molecular weight excluding hydrogens is 388 g/mol. The van der Waals surface area contributed by atoms with Gasteiger partial charge in [0.15, 0.2) is 0 Å². The molecule has 0 unspecified atom stereocenters. The maximum Gasteiger partial charge on any atom is 0.266 e. The molecule has 4 aromatic rings. The van der Waals surface area contributed by atoms with Crippen LogP contribution in [0.5, 0.6) is 0 Å². The third-order valence-electron chi connectivity index (χ3n) is 5.48. The minimum atomic E-state index is -0.427. The lowest BCUT2D eigenvalue weighted by Gasteiger charge is -2.13. The summed E-state index contributed by atoms with van der Waals surface area (Å²) in [6, 6.07) is 25.2. The molecular formula is C26H18N2O3. The Balaban J connectivity index is 1.46. The molecule has 0 radical (unpaired) electrons. The van der Waals surface area contributed by atoms with Crippen molar-refractivity contribution in [2.75, 3.05) is 10.2 Å². The molecule has 0 saturated heterocycles. The smallest absolute Gasteiger partial charge is 0.266 e. The molecule has 0 aromatic heterocycles. The van der Waals surface area contributed by atoms with E-state index < -0.39 is 5.91 Å². The number of imide groups is 1. The van der Waals surface area contributed by atoms with Crippen molar-refractivity contribution in [2.24, 2.45) is 0 Å². The molecule has 1 N–H and O–H groups in total. The van der Waals surface area contributed by atoms with Gasteiger partial charge >= 0.3 is 0 Å². The molecule has 5 nitrogen and oxygen atoms in total. The van der Waals surface area contributed by atoms with Gasteiger partial charge < -0.3 is 5.32 Å². The van der Waals surface area contributed by atoms with E-state index in [2.05, 4.69) is 5.32 Å². The van der Waals surface area contributed by atoms with Gasteiger partial charge in [-0.3, -0.25) is 14.4 Å². The summed E-state index contributed by atoms with van der Waals surface area (Å²) < 4.78 is 0. The Bertz CT molecular complexity index is 1370. The number of amides is 3. The lowest BCUT2D eigenvalue weighted by Crippen LogP contribution is -2.29. The molecule has 1 aliphatic rings. The Morgan fingerprint density at radius 2 is 1.48 bits per heavy atom. The summed E-state index contributed by atoms with van der Waals surface area (Å²) in [6.45, 7) is 1.94. The highest BCUT2D eigenvalue weighted by Crippen LogP contribution is 2.30. The summed E-state index contributed by atoms with van der Waals surface area (Å²) in [4.78, 5) is 39.9. The Morgan fingerprint density at radius 1 is 0.774 bits per heavy atom. The van der Waals surface area contributed by atoms with E-state index in [0.717, 1.165) is 21.2 Å². The van der Waals surface area contributed by atoms with Crippen LogP contribution in [0.15, 0.2) is 84.9 Å². The fraction of sp³-hybridized carbons (Fsp3) is 0.0385. The molecule has 1 aliphatic heterocycles. The molecule has 150 valence electrons. The van der Waals surface area contributed by atoms with Crippen molar-refractivity contribution in [3.8, 4) is 0 Å². The standard InChI is InChI=1S/C26H18N2O3/c1-16-9-12-19(13-10-16)28-25(30)21-14-11-18(15-22(21)26(28)31)24(29)27-23-8-4-6-17-5-2-3-7-20(17)23/h2-15H,1H3,(H,27,29). The molecule has 0 saturated carbocycles. The zero-order chi connectivity index (χ0) is 21.5. The first kappa shape index (κ1) is 18.8. The van der Waals surface area contributed by atoms with Crippen LogP contribution in [0.3, 0.4) is 0 Å². The van der Waals surface area contributed by atoms with Crippen molar-refractivity contribution < 1.29 is 14.4 Å². The average molecular weight is 406 g/mol. The zero-order valence-corrected chi connectivity index (χ0v) is 16.8. The van der Waals surface area contributed by atoms with Gasteiger partial charge in [0.2, 0.25) is 0 Å². The van der Waals surface area contributed by atoms with E-state index >= 15 is 0 Å². The van der Waals surface area contributed by atoms with Crippen LogP contribution in [0.1, 0.15) is 36.6 Å². The predicted molar refractivity (Wildman–Crippen MR) is 121 cm³/mol. The van der Waals surface area contributed by atoms with E-state index in [1.807, 2.05) is 61.5 Å². The molecule has 0 bridgehead atoms. The van der Waals surface area contributed by atoms with Crippen molar-refractivity contribution in [3.05, 3.63) is 107 Å². The molecule has 0 spiro atoms. The van der Waals surface area contributed by atoms with E-state index in [-0.39, 0.29) is 17.4 Å². The highest BCUT2D eigenvalue weighted by Gasteiger charge is 2.37. The minimum Gasteiger partial charge on any atom is -0.321 e. The second kappa shape index (κ2) is 7.22. The van der Waals surface area contributed by atoms with E-state index in [4.69, 9.17) is 0 Å². The van der Waals surface area contributed by atoms with Gasteiger partial charge in [-0.05, 0) is 48.7 Å². The number of nitrogens with one attached hydrogen (secondary N) is 1. The van der Waals surface area contributed by atoms with E-state index in [1.54, 1.807) is 24.3 Å². The second-order valence-corrected chi connectivity index (χ2v) is 7.52. The normalized spacial score (nSPS) is 12.9. The summed E-state index contributed by atoms with van der Waals surface area (Å²) in [5, 5.41) is 4.86. The van der Waals surface area contributed by atoms with Gasteiger partial charge in [-0.15, -0.1) is 0 Å². The summed E-state index contributed by atoms with van der Waals surface area (Å²) >= 11 is 0. The number of carbonyl (C=O) groups excluding carboxylic acids is 3. The molecule has 3 amide bonds. The Hall–Kier alpha value is -4.25. The van der Waals surface area contributed by atoms with Crippen LogP contribution in [0.2, 0.25) is 0 Å². The number of hydrogen-bond acceptors (Lipinski definition) is 3. The molecule has 1 heterocycles. The van der Waals surface area contributed by atoms with Crippen LogP contribution in [0.4, 0.5) is 11.4 Å². The first-order valence-electron chi connectivity index (χ1n) is 9.91. The minimum absolute atomic E-state index is 0.233. The lowest BCUT2D eigenvalue weighted by atomic mass is 10.0. The number of benzene rings is 4. The lowest BCUT2D eigenvalue weighted by molar-refractivity contribution is 0.0925. The Morgan fingerprint density at radius 3 is 2.29 bits per heavy atom. The number of anilines is 2. The topological polar surface area (TPSA) is 66.5 Å². The molecule has 31 heavy (non-hydrogen) atoms. The first-order valence-corrected chi connectivity index (χ1v) is 9.91. The second-order valence-electron chi connectivity index (χ2n) is 7.52. The summed E-state index contributed by atoms with van der Waals surface area (Å²) in [6.07, 6.45) is 0. The van der Waals surface area contributed by atoms with Crippen molar-refractivity contribution in [3.63, 3.8) is 0 Å². The number of fused-ring (bicyclic) bond motifs is 2. The van der Waals surface area contributed by atoms with Crippen LogP contribution in [0.25, 0.3) is 10.8 Å².